The third kappa shape index (κ3) is 4.08. The Labute approximate surface area is 158 Å². The molecule has 0 radical (unpaired) electrons. The molecule has 1 aliphatic heterocycles. The van der Waals surface area contributed by atoms with Gasteiger partial charge in [-0.25, -0.2) is 0 Å². The normalized spacial score (nSPS) is 15.9. The summed E-state index contributed by atoms with van der Waals surface area (Å²) in [6, 6.07) is 14.5. The zero-order valence-electron chi connectivity index (χ0n) is 13.4. The van der Waals surface area contributed by atoms with Crippen molar-refractivity contribution in [3.8, 4) is 0 Å². The van der Waals surface area contributed by atoms with Crippen LogP contribution in [0.5, 0.6) is 0 Å². The Balaban J connectivity index is 1.76. The summed E-state index contributed by atoms with van der Waals surface area (Å²) in [6.07, 6.45) is 1.68. The molecule has 25 heavy (non-hydrogen) atoms. The number of amides is 2. The molecule has 0 unspecified atom stereocenters. The van der Waals surface area contributed by atoms with E-state index in [0.29, 0.717) is 10.5 Å². The molecule has 1 saturated heterocycles. The summed E-state index contributed by atoms with van der Waals surface area (Å²) >= 11 is 4.16. The van der Waals surface area contributed by atoms with E-state index in [1.54, 1.807) is 30.3 Å². The van der Waals surface area contributed by atoms with Crippen LogP contribution < -0.4 is 0 Å². The fourth-order valence-corrected chi connectivity index (χ4v) is 3.42. The van der Waals surface area contributed by atoms with E-state index in [4.69, 9.17) is 0 Å². The van der Waals surface area contributed by atoms with Gasteiger partial charge in [-0.15, -0.1) is 0 Å². The van der Waals surface area contributed by atoms with Crippen LogP contribution in [0.25, 0.3) is 6.08 Å². The molecule has 0 N–H and O–H groups in total. The lowest BCUT2D eigenvalue weighted by molar-refractivity contribution is -0.122. The number of hydrogen-bond acceptors (Lipinski definition) is 4. The van der Waals surface area contributed by atoms with Crippen LogP contribution in [0.1, 0.15) is 21.5 Å². The second-order valence-corrected chi connectivity index (χ2v) is 7.52. The van der Waals surface area contributed by atoms with E-state index in [0.717, 1.165) is 32.3 Å². The van der Waals surface area contributed by atoms with Crippen LogP contribution in [0.3, 0.4) is 0 Å². The quantitative estimate of drug-likeness (QED) is 0.537. The number of carbonyl (C=O) groups excluding carboxylic acids is 3. The fourth-order valence-electron chi connectivity index (χ4n) is 2.32. The molecule has 2 amide bonds. The first-order chi connectivity index (χ1) is 11.9. The molecule has 0 aromatic heterocycles. The second-order valence-electron chi connectivity index (χ2n) is 5.61. The summed E-state index contributed by atoms with van der Waals surface area (Å²) < 4.78 is 0.858. The number of hydrogen-bond donors (Lipinski definition) is 0. The van der Waals surface area contributed by atoms with Crippen molar-refractivity contribution in [3.63, 3.8) is 0 Å². The van der Waals surface area contributed by atoms with Gasteiger partial charge in [0.1, 0.15) is 0 Å². The third-order valence-electron chi connectivity index (χ3n) is 3.72. The molecule has 0 aliphatic carbocycles. The smallest absolute Gasteiger partial charge is 0.292 e. The Morgan fingerprint density at radius 1 is 1.08 bits per heavy atom. The summed E-state index contributed by atoms with van der Waals surface area (Å²) in [6.45, 7) is 1.73. The number of imide groups is 1. The van der Waals surface area contributed by atoms with Crippen molar-refractivity contribution < 1.29 is 14.4 Å². The number of Topliss-reactive ketones (excluding diaryl/α,β-unsaturated/α-hetero) is 1. The molecule has 2 aromatic carbocycles. The van der Waals surface area contributed by atoms with E-state index in [2.05, 4.69) is 15.9 Å². The predicted octanol–water partition coefficient (Wildman–Crippen LogP) is 4.68. The van der Waals surface area contributed by atoms with E-state index < -0.39 is 11.1 Å². The molecule has 3 rings (SSSR count). The third-order valence-corrected chi connectivity index (χ3v) is 5.15. The zero-order valence-corrected chi connectivity index (χ0v) is 15.8. The van der Waals surface area contributed by atoms with Gasteiger partial charge in [-0.2, -0.15) is 0 Å². The van der Waals surface area contributed by atoms with Crippen LogP contribution in [0.15, 0.2) is 57.9 Å². The van der Waals surface area contributed by atoms with Gasteiger partial charge < -0.3 is 0 Å². The second kappa shape index (κ2) is 7.37. The molecule has 6 heteroatoms. The molecule has 126 valence electrons. The highest BCUT2D eigenvalue weighted by molar-refractivity contribution is 9.10. The van der Waals surface area contributed by atoms with Crippen LogP contribution in [0.2, 0.25) is 0 Å². The number of halogens is 1. The van der Waals surface area contributed by atoms with Gasteiger partial charge in [0, 0.05) is 10.0 Å². The maximum Gasteiger partial charge on any atom is 0.293 e. The highest BCUT2D eigenvalue weighted by Gasteiger charge is 2.36. The first-order valence-corrected chi connectivity index (χ1v) is 9.16. The van der Waals surface area contributed by atoms with Gasteiger partial charge in [0.05, 0.1) is 11.4 Å². The molecule has 0 spiro atoms. The molecule has 2 aromatic rings. The minimum Gasteiger partial charge on any atom is -0.292 e. The van der Waals surface area contributed by atoms with E-state index >= 15 is 0 Å². The molecule has 1 aliphatic rings. The van der Waals surface area contributed by atoms with Crippen molar-refractivity contribution in [2.45, 2.75) is 6.92 Å². The van der Waals surface area contributed by atoms with Gasteiger partial charge in [0.15, 0.2) is 5.78 Å². The Hall–Kier alpha value is -2.18. The fraction of sp³-hybridized carbons (Fsp3) is 0.105. The molecule has 4 nitrogen and oxygen atoms in total. The van der Waals surface area contributed by atoms with Crippen LogP contribution in [-0.4, -0.2) is 28.4 Å². The van der Waals surface area contributed by atoms with Crippen molar-refractivity contribution >= 4 is 50.7 Å². The topological polar surface area (TPSA) is 54.5 Å². The molecule has 0 bridgehead atoms. The molecular weight excluding hydrogens is 402 g/mol. The van der Waals surface area contributed by atoms with Crippen molar-refractivity contribution in [1.82, 2.24) is 4.90 Å². The molecular formula is C19H14BrNO3S. The number of aryl methyl sites for hydroxylation is 1. The maximum atomic E-state index is 12.5. The van der Waals surface area contributed by atoms with Gasteiger partial charge in [-0.05, 0) is 42.5 Å². The summed E-state index contributed by atoms with van der Waals surface area (Å²) in [5, 5.41) is -0.422. The van der Waals surface area contributed by atoms with Crippen LogP contribution >= 0.6 is 27.7 Å². The van der Waals surface area contributed by atoms with Gasteiger partial charge in [0.25, 0.3) is 11.1 Å². The summed E-state index contributed by atoms with van der Waals surface area (Å²) in [5.74, 6) is -0.701. The molecule has 0 atom stereocenters. The van der Waals surface area contributed by atoms with Gasteiger partial charge in [-0.3, -0.25) is 19.3 Å². The van der Waals surface area contributed by atoms with E-state index in [1.807, 2.05) is 31.2 Å². The largest absolute Gasteiger partial charge is 0.293 e. The van der Waals surface area contributed by atoms with Gasteiger partial charge in [-0.1, -0.05) is 57.9 Å². The number of benzene rings is 2. The van der Waals surface area contributed by atoms with Crippen molar-refractivity contribution in [2.24, 2.45) is 0 Å². The first-order valence-electron chi connectivity index (χ1n) is 7.55. The van der Waals surface area contributed by atoms with Crippen molar-refractivity contribution in [1.29, 1.82) is 0 Å². The predicted molar refractivity (Wildman–Crippen MR) is 102 cm³/mol. The lowest BCUT2D eigenvalue weighted by Crippen LogP contribution is -2.33. The zero-order chi connectivity index (χ0) is 18.0. The minimum absolute atomic E-state index is 0.252. The van der Waals surface area contributed by atoms with Gasteiger partial charge in [0.2, 0.25) is 0 Å². The van der Waals surface area contributed by atoms with Crippen LogP contribution in [-0.2, 0) is 4.79 Å². The number of carbonyl (C=O) groups is 3. The molecule has 1 heterocycles. The summed E-state index contributed by atoms with van der Waals surface area (Å²) in [4.78, 5) is 38.2. The lowest BCUT2D eigenvalue weighted by atomic mass is 10.1. The summed E-state index contributed by atoms with van der Waals surface area (Å²) in [7, 11) is 0. The molecule has 0 saturated carbocycles. The highest BCUT2D eigenvalue weighted by atomic mass is 79.9. The van der Waals surface area contributed by atoms with Crippen molar-refractivity contribution in [3.05, 3.63) is 74.6 Å². The number of ketones is 1. The lowest BCUT2D eigenvalue weighted by Gasteiger charge is -2.11. The van der Waals surface area contributed by atoms with Crippen molar-refractivity contribution in [2.75, 3.05) is 6.54 Å². The molecule has 1 fully saturated rings. The maximum absolute atomic E-state index is 12.5. The Morgan fingerprint density at radius 3 is 2.36 bits per heavy atom. The monoisotopic (exact) mass is 415 g/mol. The average molecular weight is 416 g/mol. The Morgan fingerprint density at radius 2 is 1.72 bits per heavy atom. The standard InChI is InChI=1S/C19H14BrNO3S/c1-12-2-4-13(5-3-12)10-17-18(23)21(19(24)25-17)11-16(22)14-6-8-15(20)9-7-14/h2-10H,11H2,1H3/b17-10-. The average Bonchev–Trinajstić information content (AvgIpc) is 2.85. The van der Waals surface area contributed by atoms with E-state index in [9.17, 15) is 14.4 Å². The Kier molecular flexibility index (Phi) is 5.20. The van der Waals surface area contributed by atoms with Gasteiger partial charge >= 0.3 is 0 Å². The summed E-state index contributed by atoms with van der Waals surface area (Å²) in [5.41, 5.74) is 2.42. The van der Waals surface area contributed by atoms with Crippen LogP contribution in [0.4, 0.5) is 4.79 Å². The number of nitrogens with zero attached hydrogens (tertiary/aromatic N) is 1. The number of rotatable bonds is 4. The van der Waals surface area contributed by atoms with Crippen LogP contribution in [0, 0.1) is 6.92 Å². The first kappa shape index (κ1) is 17.6. The van der Waals surface area contributed by atoms with E-state index in [-0.39, 0.29) is 12.3 Å². The Bertz CT molecular complexity index is 873. The highest BCUT2D eigenvalue weighted by Crippen LogP contribution is 2.32. The van der Waals surface area contributed by atoms with E-state index in [1.165, 1.54) is 0 Å². The minimum atomic E-state index is -0.430. The SMILES string of the molecule is Cc1ccc(/C=C2\SC(=O)N(CC(=O)c3ccc(Br)cc3)C2=O)cc1. The number of thioether (sulfide) groups is 1.